The van der Waals surface area contributed by atoms with Gasteiger partial charge < -0.3 is 14.6 Å². The summed E-state index contributed by atoms with van der Waals surface area (Å²) in [6.07, 6.45) is 1.60. The molecule has 0 fully saturated rings. The Labute approximate surface area is 194 Å². The predicted octanol–water partition coefficient (Wildman–Crippen LogP) is 5.43. The van der Waals surface area contributed by atoms with Crippen LogP contribution in [0.5, 0.6) is 0 Å². The van der Waals surface area contributed by atoms with Crippen molar-refractivity contribution in [2.75, 3.05) is 11.9 Å². The van der Waals surface area contributed by atoms with Gasteiger partial charge >= 0.3 is 5.97 Å². The summed E-state index contributed by atoms with van der Waals surface area (Å²) in [4.78, 5) is 24.7. The van der Waals surface area contributed by atoms with E-state index >= 15 is 0 Å². The summed E-state index contributed by atoms with van der Waals surface area (Å²) >= 11 is 0. The Morgan fingerprint density at radius 1 is 1.03 bits per heavy atom. The largest absolute Gasteiger partial charge is 0.462 e. The number of amides is 1. The number of hydrogen-bond acceptors (Lipinski definition) is 4. The van der Waals surface area contributed by atoms with Crippen LogP contribution in [0.25, 0.3) is 11.8 Å². The van der Waals surface area contributed by atoms with Gasteiger partial charge in [0.15, 0.2) is 0 Å². The molecule has 1 N–H and O–H groups in total. The third-order valence-electron chi connectivity index (χ3n) is 5.25. The quantitative estimate of drug-likeness (QED) is 0.314. The minimum atomic E-state index is -0.453. The number of nitrogens with zero attached hydrogens (tertiary/aromatic N) is 2. The van der Waals surface area contributed by atoms with Crippen LogP contribution in [0, 0.1) is 39.0 Å². The average molecular weight is 442 g/mol. The van der Waals surface area contributed by atoms with Crippen molar-refractivity contribution in [1.29, 1.82) is 5.26 Å². The molecule has 33 heavy (non-hydrogen) atoms. The average Bonchev–Trinajstić information content (AvgIpc) is 3.04. The number of rotatable bonds is 6. The zero-order valence-electron chi connectivity index (χ0n) is 19.5. The monoisotopic (exact) mass is 441 g/mol. The van der Waals surface area contributed by atoms with Gasteiger partial charge in [-0.2, -0.15) is 5.26 Å². The van der Waals surface area contributed by atoms with Crippen molar-refractivity contribution in [3.8, 4) is 11.8 Å². The highest BCUT2D eigenvalue weighted by Crippen LogP contribution is 2.24. The molecule has 0 spiro atoms. The van der Waals surface area contributed by atoms with Crippen molar-refractivity contribution in [2.45, 2.75) is 34.6 Å². The lowest BCUT2D eigenvalue weighted by Gasteiger charge is -2.11. The van der Waals surface area contributed by atoms with Gasteiger partial charge in [-0.15, -0.1) is 0 Å². The van der Waals surface area contributed by atoms with Crippen molar-refractivity contribution < 1.29 is 14.3 Å². The van der Waals surface area contributed by atoms with Crippen LogP contribution in [0.15, 0.2) is 54.1 Å². The zero-order chi connectivity index (χ0) is 24.1. The molecule has 0 saturated heterocycles. The van der Waals surface area contributed by atoms with E-state index in [1.54, 1.807) is 25.1 Å². The number of aryl methyl sites for hydroxylation is 3. The SMILES string of the molecule is CCOC(=O)c1ccc(-n2c(C)cc(/C=C(/C#N)C(=O)Nc3cc(C)cc(C)c3)c2C)cc1. The second-order valence-electron chi connectivity index (χ2n) is 7.93. The van der Waals surface area contributed by atoms with Crippen molar-refractivity contribution in [1.82, 2.24) is 4.57 Å². The molecular weight excluding hydrogens is 414 g/mol. The lowest BCUT2D eigenvalue weighted by atomic mass is 10.1. The first-order chi connectivity index (χ1) is 15.7. The summed E-state index contributed by atoms with van der Waals surface area (Å²) in [5.41, 5.74) is 6.69. The minimum absolute atomic E-state index is 0.0204. The Bertz CT molecular complexity index is 1250. The lowest BCUT2D eigenvalue weighted by molar-refractivity contribution is -0.112. The number of ether oxygens (including phenoxy) is 1. The Kier molecular flexibility index (Phi) is 7.14. The minimum Gasteiger partial charge on any atom is -0.462 e. The van der Waals surface area contributed by atoms with Crippen LogP contribution < -0.4 is 5.32 Å². The molecule has 1 aromatic heterocycles. The van der Waals surface area contributed by atoms with E-state index in [9.17, 15) is 14.9 Å². The Morgan fingerprint density at radius 2 is 1.67 bits per heavy atom. The van der Waals surface area contributed by atoms with Crippen molar-refractivity contribution in [3.63, 3.8) is 0 Å². The number of anilines is 1. The second kappa shape index (κ2) is 10.0. The fraction of sp³-hybridized carbons (Fsp3) is 0.222. The summed E-state index contributed by atoms with van der Waals surface area (Å²) in [7, 11) is 0. The van der Waals surface area contributed by atoms with Crippen molar-refractivity contribution >= 4 is 23.6 Å². The molecule has 3 rings (SSSR count). The molecule has 168 valence electrons. The summed E-state index contributed by atoms with van der Waals surface area (Å²) in [6, 6.07) is 16.8. The van der Waals surface area contributed by atoms with E-state index in [2.05, 4.69) is 5.32 Å². The number of aromatic nitrogens is 1. The summed E-state index contributed by atoms with van der Waals surface area (Å²) in [5, 5.41) is 12.4. The van der Waals surface area contributed by atoms with Gasteiger partial charge in [-0.1, -0.05) is 6.07 Å². The topological polar surface area (TPSA) is 84.1 Å². The van der Waals surface area contributed by atoms with Gasteiger partial charge in [-0.05, 0) is 99.8 Å². The van der Waals surface area contributed by atoms with E-state index in [1.165, 1.54) is 0 Å². The van der Waals surface area contributed by atoms with Crippen LogP contribution in [-0.4, -0.2) is 23.1 Å². The van der Waals surface area contributed by atoms with E-state index in [-0.39, 0.29) is 11.5 Å². The molecule has 3 aromatic rings. The molecule has 0 saturated carbocycles. The van der Waals surface area contributed by atoms with Crippen LogP contribution in [0.2, 0.25) is 0 Å². The van der Waals surface area contributed by atoms with Crippen LogP contribution in [-0.2, 0) is 9.53 Å². The molecule has 0 aliphatic heterocycles. The highest BCUT2D eigenvalue weighted by molar-refractivity contribution is 6.09. The van der Waals surface area contributed by atoms with Crippen LogP contribution in [0.3, 0.4) is 0 Å². The van der Waals surface area contributed by atoms with E-state index in [0.29, 0.717) is 17.9 Å². The number of benzene rings is 2. The molecule has 1 amide bonds. The van der Waals surface area contributed by atoms with Gasteiger partial charge in [0.25, 0.3) is 5.91 Å². The number of nitriles is 1. The number of esters is 1. The molecule has 6 nitrogen and oxygen atoms in total. The van der Waals surface area contributed by atoms with Gasteiger partial charge in [0.2, 0.25) is 0 Å². The van der Waals surface area contributed by atoms with Gasteiger partial charge in [0, 0.05) is 22.8 Å². The van der Waals surface area contributed by atoms with E-state index in [0.717, 1.165) is 33.8 Å². The number of carbonyl (C=O) groups is 2. The van der Waals surface area contributed by atoms with Crippen molar-refractivity contribution in [2.24, 2.45) is 0 Å². The van der Waals surface area contributed by atoms with Crippen LogP contribution in [0.1, 0.15) is 45.4 Å². The summed E-state index contributed by atoms with van der Waals surface area (Å²) < 4.78 is 7.05. The molecule has 0 bridgehead atoms. The maximum absolute atomic E-state index is 12.7. The highest BCUT2D eigenvalue weighted by atomic mass is 16.5. The molecule has 6 heteroatoms. The standard InChI is InChI=1S/C27H27N3O3/c1-6-33-27(32)21-7-9-25(10-8-21)30-19(4)14-22(20(30)5)15-23(16-28)26(31)29-24-12-17(2)11-18(3)13-24/h7-15H,6H2,1-5H3,(H,29,31)/b23-15-. The lowest BCUT2D eigenvalue weighted by Crippen LogP contribution is -2.13. The molecule has 2 aromatic carbocycles. The molecule has 0 unspecified atom stereocenters. The van der Waals surface area contributed by atoms with Gasteiger partial charge in [0.05, 0.1) is 12.2 Å². The fourth-order valence-electron chi connectivity index (χ4n) is 3.84. The number of carbonyl (C=O) groups excluding carboxylic acids is 2. The molecule has 0 atom stereocenters. The third kappa shape index (κ3) is 5.39. The van der Waals surface area contributed by atoms with Crippen LogP contribution in [0.4, 0.5) is 5.69 Å². The summed E-state index contributed by atoms with van der Waals surface area (Å²) in [5.74, 6) is -0.812. The predicted molar refractivity (Wildman–Crippen MR) is 129 cm³/mol. The molecule has 0 radical (unpaired) electrons. The first kappa shape index (κ1) is 23.6. The fourth-order valence-corrected chi connectivity index (χ4v) is 3.84. The van der Waals surface area contributed by atoms with E-state index in [1.807, 2.05) is 74.7 Å². The Morgan fingerprint density at radius 3 is 2.24 bits per heavy atom. The zero-order valence-corrected chi connectivity index (χ0v) is 19.5. The van der Waals surface area contributed by atoms with Crippen LogP contribution >= 0.6 is 0 Å². The van der Waals surface area contributed by atoms with Gasteiger partial charge in [-0.3, -0.25) is 4.79 Å². The van der Waals surface area contributed by atoms with Gasteiger partial charge in [-0.25, -0.2) is 4.79 Å². The second-order valence-corrected chi connectivity index (χ2v) is 7.93. The third-order valence-corrected chi connectivity index (χ3v) is 5.25. The van der Waals surface area contributed by atoms with E-state index < -0.39 is 5.91 Å². The molecule has 1 heterocycles. The maximum Gasteiger partial charge on any atom is 0.338 e. The molecular formula is C27H27N3O3. The van der Waals surface area contributed by atoms with Gasteiger partial charge in [0.1, 0.15) is 11.6 Å². The maximum atomic E-state index is 12.7. The Hall–Kier alpha value is -4.11. The smallest absolute Gasteiger partial charge is 0.338 e. The first-order valence-electron chi connectivity index (χ1n) is 10.7. The first-order valence-corrected chi connectivity index (χ1v) is 10.7. The number of nitrogens with one attached hydrogen (secondary N) is 1. The summed E-state index contributed by atoms with van der Waals surface area (Å²) in [6.45, 7) is 9.88. The Balaban J connectivity index is 1.89. The normalized spacial score (nSPS) is 11.1. The molecule has 0 aliphatic rings. The van der Waals surface area contributed by atoms with Crippen molar-refractivity contribution in [3.05, 3.63) is 87.7 Å². The highest BCUT2D eigenvalue weighted by Gasteiger charge is 2.15. The van der Waals surface area contributed by atoms with E-state index in [4.69, 9.17) is 4.74 Å². The molecule has 0 aliphatic carbocycles. The number of hydrogen-bond donors (Lipinski definition) is 1.